The zero-order valence-electron chi connectivity index (χ0n) is 9.00. The first-order chi connectivity index (χ1) is 7.90. The number of hydrogen-bond acceptors (Lipinski definition) is 3. The van der Waals surface area contributed by atoms with Crippen molar-refractivity contribution in [1.82, 2.24) is 5.32 Å². The van der Waals surface area contributed by atoms with E-state index in [4.69, 9.17) is 5.11 Å². The van der Waals surface area contributed by atoms with Crippen molar-refractivity contribution in [2.24, 2.45) is 5.92 Å². The molecule has 0 aliphatic rings. The summed E-state index contributed by atoms with van der Waals surface area (Å²) in [7, 11) is 0. The van der Waals surface area contributed by atoms with E-state index in [9.17, 15) is 9.59 Å². The van der Waals surface area contributed by atoms with Crippen LogP contribution in [-0.2, 0) is 4.79 Å². The van der Waals surface area contributed by atoms with Gasteiger partial charge in [0, 0.05) is 13.0 Å². The van der Waals surface area contributed by atoms with Crippen molar-refractivity contribution in [2.45, 2.75) is 13.3 Å². The van der Waals surface area contributed by atoms with Crippen LogP contribution < -0.4 is 5.32 Å². The molecule has 7 heteroatoms. The fraction of sp³-hybridized carbons (Fsp3) is 0.400. The maximum atomic E-state index is 11.8. The summed E-state index contributed by atoms with van der Waals surface area (Å²) in [5, 5.41) is 11.3. The molecule has 0 saturated carbocycles. The van der Waals surface area contributed by atoms with E-state index in [0.717, 1.165) is 7.57 Å². The molecule has 0 aromatic carbocycles. The highest BCUT2D eigenvalue weighted by molar-refractivity contribution is 9.12. The molecule has 1 unspecified atom stereocenters. The van der Waals surface area contributed by atoms with Gasteiger partial charge in [-0.3, -0.25) is 9.59 Å². The SMILES string of the molecule is CC(CNC(=O)c1cc(Br)sc1Br)CC(=O)O. The number of halogens is 2. The van der Waals surface area contributed by atoms with Crippen LogP contribution in [0.5, 0.6) is 0 Å². The van der Waals surface area contributed by atoms with Crippen molar-refractivity contribution in [3.05, 3.63) is 19.2 Å². The summed E-state index contributed by atoms with van der Waals surface area (Å²) in [5.74, 6) is -1.14. The fourth-order valence-corrected chi connectivity index (χ4v) is 4.02. The number of carbonyl (C=O) groups excluding carboxylic acids is 1. The second kappa shape index (κ2) is 6.51. The van der Waals surface area contributed by atoms with Gasteiger partial charge in [0.05, 0.1) is 13.1 Å². The molecule has 2 N–H and O–H groups in total. The number of carboxylic acids is 1. The maximum absolute atomic E-state index is 11.8. The molecule has 4 nitrogen and oxygen atoms in total. The first kappa shape index (κ1) is 14.7. The molecular formula is C10H11Br2NO3S. The van der Waals surface area contributed by atoms with E-state index < -0.39 is 5.97 Å². The van der Waals surface area contributed by atoms with E-state index in [1.54, 1.807) is 13.0 Å². The first-order valence-electron chi connectivity index (χ1n) is 4.85. The number of carbonyl (C=O) groups is 2. The monoisotopic (exact) mass is 383 g/mol. The van der Waals surface area contributed by atoms with Crippen LogP contribution in [-0.4, -0.2) is 23.5 Å². The lowest BCUT2D eigenvalue weighted by Gasteiger charge is -2.09. The molecule has 0 radical (unpaired) electrons. The Morgan fingerprint density at radius 1 is 1.53 bits per heavy atom. The number of thiophene rings is 1. The smallest absolute Gasteiger partial charge is 0.303 e. The summed E-state index contributed by atoms with van der Waals surface area (Å²) in [5.41, 5.74) is 0.560. The van der Waals surface area contributed by atoms with Crippen LogP contribution in [0.2, 0.25) is 0 Å². The van der Waals surface area contributed by atoms with E-state index in [1.807, 2.05) is 0 Å². The van der Waals surface area contributed by atoms with E-state index in [1.165, 1.54) is 11.3 Å². The molecule has 94 valence electrons. The zero-order valence-corrected chi connectivity index (χ0v) is 13.0. The lowest BCUT2D eigenvalue weighted by atomic mass is 10.1. The topological polar surface area (TPSA) is 66.4 Å². The predicted molar refractivity (Wildman–Crippen MR) is 73.5 cm³/mol. The van der Waals surface area contributed by atoms with Crippen molar-refractivity contribution in [3.8, 4) is 0 Å². The van der Waals surface area contributed by atoms with Crippen LogP contribution in [0.3, 0.4) is 0 Å². The minimum absolute atomic E-state index is 0.0504. The minimum atomic E-state index is -0.855. The molecule has 1 aromatic heterocycles. The Hall–Kier alpha value is -0.400. The molecule has 17 heavy (non-hydrogen) atoms. The van der Waals surface area contributed by atoms with Gasteiger partial charge in [-0.1, -0.05) is 6.92 Å². The summed E-state index contributed by atoms with van der Waals surface area (Å²) in [6, 6.07) is 1.73. The van der Waals surface area contributed by atoms with Crippen LogP contribution in [0.15, 0.2) is 13.6 Å². The van der Waals surface area contributed by atoms with Crippen molar-refractivity contribution in [2.75, 3.05) is 6.54 Å². The highest BCUT2D eigenvalue weighted by Gasteiger charge is 2.15. The van der Waals surface area contributed by atoms with Crippen molar-refractivity contribution in [1.29, 1.82) is 0 Å². The molecule has 1 amide bonds. The molecule has 0 aliphatic heterocycles. The van der Waals surface area contributed by atoms with E-state index in [2.05, 4.69) is 37.2 Å². The van der Waals surface area contributed by atoms with Crippen LogP contribution >= 0.6 is 43.2 Å². The Kier molecular flexibility index (Phi) is 5.61. The molecule has 0 spiro atoms. The standard InChI is InChI=1S/C10H11Br2NO3S/c1-5(2-8(14)15)4-13-10(16)6-3-7(11)17-9(6)12/h3,5H,2,4H2,1H3,(H,13,16)(H,14,15). The largest absolute Gasteiger partial charge is 0.481 e. The third kappa shape index (κ3) is 4.77. The molecular weight excluding hydrogens is 374 g/mol. The third-order valence-electron chi connectivity index (χ3n) is 2.04. The summed E-state index contributed by atoms with van der Waals surface area (Å²) in [6.45, 7) is 2.14. The summed E-state index contributed by atoms with van der Waals surface area (Å²) in [4.78, 5) is 22.2. The number of nitrogens with one attached hydrogen (secondary N) is 1. The van der Waals surface area contributed by atoms with Gasteiger partial charge in [-0.2, -0.15) is 0 Å². The van der Waals surface area contributed by atoms with Crippen LogP contribution in [0.4, 0.5) is 0 Å². The van der Waals surface area contributed by atoms with Gasteiger partial charge in [-0.05, 0) is 43.8 Å². The molecule has 0 bridgehead atoms. The number of hydrogen-bond donors (Lipinski definition) is 2. The fourth-order valence-electron chi connectivity index (χ4n) is 1.23. The lowest BCUT2D eigenvalue weighted by Crippen LogP contribution is -2.29. The Morgan fingerprint density at radius 3 is 2.65 bits per heavy atom. The normalized spacial score (nSPS) is 12.2. The molecule has 0 saturated heterocycles. The second-order valence-electron chi connectivity index (χ2n) is 3.65. The Morgan fingerprint density at radius 2 is 2.18 bits per heavy atom. The predicted octanol–water partition coefficient (Wildman–Crippen LogP) is 3.11. The first-order valence-corrected chi connectivity index (χ1v) is 7.25. The van der Waals surface area contributed by atoms with Gasteiger partial charge in [-0.15, -0.1) is 11.3 Å². The zero-order chi connectivity index (χ0) is 13.0. The van der Waals surface area contributed by atoms with Gasteiger partial charge >= 0.3 is 5.97 Å². The van der Waals surface area contributed by atoms with Crippen molar-refractivity contribution in [3.63, 3.8) is 0 Å². The third-order valence-corrected chi connectivity index (χ3v) is 4.37. The van der Waals surface area contributed by atoms with E-state index >= 15 is 0 Å². The Bertz CT molecular complexity index is 433. The average Bonchev–Trinajstić information content (AvgIpc) is 2.53. The minimum Gasteiger partial charge on any atom is -0.481 e. The summed E-state index contributed by atoms with van der Waals surface area (Å²) >= 11 is 8.01. The van der Waals surface area contributed by atoms with Gasteiger partial charge < -0.3 is 10.4 Å². The number of carboxylic acid groups (broad SMARTS) is 1. The van der Waals surface area contributed by atoms with E-state index in [0.29, 0.717) is 12.1 Å². The Balaban J connectivity index is 2.50. The molecule has 0 aliphatic carbocycles. The van der Waals surface area contributed by atoms with E-state index in [-0.39, 0.29) is 18.2 Å². The Labute approximate surface area is 120 Å². The number of amides is 1. The number of rotatable bonds is 5. The summed E-state index contributed by atoms with van der Waals surface area (Å²) < 4.78 is 1.63. The molecule has 1 heterocycles. The van der Waals surface area contributed by atoms with Gasteiger partial charge in [0.2, 0.25) is 0 Å². The van der Waals surface area contributed by atoms with Gasteiger partial charge in [0.15, 0.2) is 0 Å². The van der Waals surface area contributed by atoms with Gasteiger partial charge in [-0.25, -0.2) is 0 Å². The maximum Gasteiger partial charge on any atom is 0.303 e. The molecule has 1 rings (SSSR count). The molecule has 1 atom stereocenters. The molecule has 0 fully saturated rings. The average molecular weight is 385 g/mol. The van der Waals surface area contributed by atoms with Crippen LogP contribution in [0.25, 0.3) is 0 Å². The van der Waals surface area contributed by atoms with Gasteiger partial charge in [0.1, 0.15) is 0 Å². The second-order valence-corrected chi connectivity index (χ2v) is 7.40. The highest BCUT2D eigenvalue weighted by Crippen LogP contribution is 2.31. The lowest BCUT2D eigenvalue weighted by molar-refractivity contribution is -0.137. The van der Waals surface area contributed by atoms with Crippen LogP contribution in [0.1, 0.15) is 23.7 Å². The quantitative estimate of drug-likeness (QED) is 0.819. The number of aliphatic carboxylic acids is 1. The van der Waals surface area contributed by atoms with Gasteiger partial charge in [0.25, 0.3) is 5.91 Å². The van der Waals surface area contributed by atoms with Crippen LogP contribution in [0, 0.1) is 5.92 Å². The van der Waals surface area contributed by atoms with Crippen molar-refractivity contribution < 1.29 is 14.7 Å². The van der Waals surface area contributed by atoms with Crippen molar-refractivity contribution >= 4 is 55.1 Å². The molecule has 1 aromatic rings. The highest BCUT2D eigenvalue weighted by atomic mass is 79.9. The summed E-state index contributed by atoms with van der Waals surface area (Å²) in [6.07, 6.45) is 0.0504.